The molecule has 3 fully saturated rings. The first-order chi connectivity index (χ1) is 10.7. The highest BCUT2D eigenvalue weighted by Crippen LogP contribution is 2.46. The topological polar surface area (TPSA) is 32.8 Å². The molecule has 118 valence electrons. The van der Waals surface area contributed by atoms with E-state index in [1.165, 1.54) is 5.56 Å². The third-order valence-electron chi connectivity index (χ3n) is 5.55. The second-order valence-electron chi connectivity index (χ2n) is 6.97. The maximum absolute atomic E-state index is 12.3. The molecule has 0 aliphatic carbocycles. The Balaban J connectivity index is 1.51. The Morgan fingerprint density at radius 2 is 2.14 bits per heavy atom. The summed E-state index contributed by atoms with van der Waals surface area (Å²) in [4.78, 5) is 16.9. The van der Waals surface area contributed by atoms with Gasteiger partial charge >= 0.3 is 0 Å². The third-order valence-corrected chi connectivity index (χ3v) is 5.55. The highest BCUT2D eigenvalue weighted by molar-refractivity contribution is 5.78. The molecule has 1 spiro atoms. The van der Waals surface area contributed by atoms with Crippen LogP contribution in [0.3, 0.4) is 0 Å². The van der Waals surface area contributed by atoms with Crippen LogP contribution in [0.15, 0.2) is 30.3 Å². The smallest absolute Gasteiger partial charge is 0.225 e. The van der Waals surface area contributed by atoms with Gasteiger partial charge in [-0.2, -0.15) is 0 Å². The number of rotatable bonds is 2. The summed E-state index contributed by atoms with van der Waals surface area (Å²) >= 11 is 0. The van der Waals surface area contributed by atoms with Crippen molar-refractivity contribution in [3.63, 3.8) is 0 Å². The minimum absolute atomic E-state index is 0.232. The zero-order valence-electron chi connectivity index (χ0n) is 13.2. The van der Waals surface area contributed by atoms with Crippen LogP contribution in [0.5, 0.6) is 0 Å². The lowest BCUT2D eigenvalue weighted by atomic mass is 9.80. The average molecular weight is 300 g/mol. The van der Waals surface area contributed by atoms with Gasteiger partial charge in [0.05, 0.1) is 12.6 Å². The number of hydrogen-bond donors (Lipinski definition) is 0. The van der Waals surface area contributed by atoms with Gasteiger partial charge in [0.1, 0.15) is 5.72 Å². The first-order valence-corrected chi connectivity index (χ1v) is 8.41. The first kappa shape index (κ1) is 14.2. The van der Waals surface area contributed by atoms with E-state index in [1.807, 2.05) is 0 Å². The number of hydrogen-bond acceptors (Lipinski definition) is 3. The molecular weight excluding hydrogens is 276 g/mol. The Morgan fingerprint density at radius 3 is 2.95 bits per heavy atom. The lowest BCUT2D eigenvalue weighted by Gasteiger charge is -2.52. The van der Waals surface area contributed by atoms with E-state index in [0.717, 1.165) is 32.5 Å². The second-order valence-corrected chi connectivity index (χ2v) is 6.97. The van der Waals surface area contributed by atoms with Crippen LogP contribution in [0.2, 0.25) is 0 Å². The lowest BCUT2D eigenvalue weighted by Crippen LogP contribution is -2.64. The van der Waals surface area contributed by atoms with E-state index in [9.17, 15) is 4.79 Å². The minimum Gasteiger partial charge on any atom is -0.353 e. The number of ether oxygens (including phenoxy) is 1. The summed E-state index contributed by atoms with van der Waals surface area (Å²) in [6.45, 7) is 5.84. The normalized spacial score (nSPS) is 35.3. The molecule has 1 aromatic rings. The molecule has 3 saturated heterocycles. The molecule has 4 nitrogen and oxygen atoms in total. The summed E-state index contributed by atoms with van der Waals surface area (Å²) < 4.78 is 6.21. The van der Waals surface area contributed by atoms with E-state index in [1.54, 1.807) is 0 Å². The van der Waals surface area contributed by atoms with Crippen molar-refractivity contribution in [2.75, 3.05) is 19.7 Å². The lowest BCUT2D eigenvalue weighted by molar-refractivity contribution is -0.191. The Labute approximate surface area is 132 Å². The molecule has 4 heteroatoms. The van der Waals surface area contributed by atoms with Crippen LogP contribution in [0, 0.1) is 5.92 Å². The number of piperidine rings is 2. The Hall–Kier alpha value is -1.39. The van der Waals surface area contributed by atoms with Gasteiger partial charge in [-0.25, -0.2) is 0 Å². The Kier molecular flexibility index (Phi) is 3.46. The molecule has 1 aromatic carbocycles. The molecular formula is C18H24N2O2. The summed E-state index contributed by atoms with van der Waals surface area (Å²) in [6.07, 6.45) is 2.59. The largest absolute Gasteiger partial charge is 0.353 e. The van der Waals surface area contributed by atoms with Crippen LogP contribution in [0.25, 0.3) is 0 Å². The van der Waals surface area contributed by atoms with Crippen molar-refractivity contribution in [1.29, 1.82) is 0 Å². The molecule has 0 saturated carbocycles. The van der Waals surface area contributed by atoms with E-state index >= 15 is 0 Å². The second kappa shape index (κ2) is 5.36. The molecule has 0 radical (unpaired) electrons. The van der Waals surface area contributed by atoms with Crippen LogP contribution in [-0.2, 0) is 16.1 Å². The van der Waals surface area contributed by atoms with Gasteiger partial charge in [-0.3, -0.25) is 9.69 Å². The van der Waals surface area contributed by atoms with Gasteiger partial charge in [-0.05, 0) is 18.9 Å². The maximum atomic E-state index is 12.3. The minimum atomic E-state index is -0.304. The zero-order valence-corrected chi connectivity index (χ0v) is 13.2. The quantitative estimate of drug-likeness (QED) is 0.840. The van der Waals surface area contributed by atoms with Crippen molar-refractivity contribution >= 4 is 5.91 Å². The fourth-order valence-corrected chi connectivity index (χ4v) is 4.53. The van der Waals surface area contributed by atoms with Gasteiger partial charge in [-0.1, -0.05) is 30.3 Å². The molecule has 22 heavy (non-hydrogen) atoms. The predicted octanol–water partition coefficient (Wildman–Crippen LogP) is 2.25. The van der Waals surface area contributed by atoms with Gasteiger partial charge in [0, 0.05) is 38.4 Å². The van der Waals surface area contributed by atoms with E-state index in [4.69, 9.17) is 4.74 Å². The van der Waals surface area contributed by atoms with Crippen LogP contribution in [-0.4, -0.2) is 47.2 Å². The van der Waals surface area contributed by atoms with E-state index in [0.29, 0.717) is 18.9 Å². The number of benzene rings is 1. The number of amides is 1. The fraction of sp³-hybridized carbons (Fsp3) is 0.611. The van der Waals surface area contributed by atoms with Crippen molar-refractivity contribution in [2.24, 2.45) is 5.92 Å². The summed E-state index contributed by atoms with van der Waals surface area (Å²) in [5, 5.41) is 0. The highest BCUT2D eigenvalue weighted by atomic mass is 16.5. The summed E-state index contributed by atoms with van der Waals surface area (Å²) in [6, 6.07) is 10.9. The van der Waals surface area contributed by atoms with Gasteiger partial charge in [-0.15, -0.1) is 0 Å². The Morgan fingerprint density at radius 1 is 1.32 bits per heavy atom. The average Bonchev–Trinajstić information content (AvgIpc) is 2.87. The predicted molar refractivity (Wildman–Crippen MR) is 84.1 cm³/mol. The van der Waals surface area contributed by atoms with Gasteiger partial charge in [0.25, 0.3) is 0 Å². The van der Waals surface area contributed by atoms with Crippen LogP contribution in [0.1, 0.15) is 31.7 Å². The SMILES string of the molecule is C[C@H]1CO[C@]23CCN(Cc4ccccc4)C[C@H]2CCC(=O)N13. The monoisotopic (exact) mass is 300 g/mol. The molecule has 4 rings (SSSR count). The number of carbonyl (C=O) groups is 1. The molecule has 0 aromatic heterocycles. The van der Waals surface area contributed by atoms with Crippen molar-refractivity contribution in [2.45, 2.75) is 44.5 Å². The highest BCUT2D eigenvalue weighted by Gasteiger charge is 2.57. The van der Waals surface area contributed by atoms with Crippen molar-refractivity contribution < 1.29 is 9.53 Å². The molecule has 3 heterocycles. The van der Waals surface area contributed by atoms with Crippen LogP contribution < -0.4 is 0 Å². The van der Waals surface area contributed by atoms with Gasteiger partial charge < -0.3 is 9.64 Å². The molecule has 0 bridgehead atoms. The van der Waals surface area contributed by atoms with Crippen molar-refractivity contribution in [1.82, 2.24) is 9.80 Å². The standard InChI is InChI=1S/C18H24N2O2/c1-14-13-22-18-9-10-19(11-15-5-3-2-4-6-15)12-16(18)7-8-17(21)20(14)18/h2-6,14,16H,7-13H2,1H3/t14-,16+,18+/m0/s1. The van der Waals surface area contributed by atoms with E-state index < -0.39 is 0 Å². The number of likely N-dealkylation sites (tertiary alicyclic amines) is 1. The summed E-state index contributed by atoms with van der Waals surface area (Å²) in [5.74, 6) is 0.741. The third kappa shape index (κ3) is 2.17. The van der Waals surface area contributed by atoms with Crippen molar-refractivity contribution in [3.05, 3.63) is 35.9 Å². The number of carbonyl (C=O) groups excluding carboxylic acids is 1. The van der Waals surface area contributed by atoms with Crippen LogP contribution in [0.4, 0.5) is 0 Å². The van der Waals surface area contributed by atoms with Gasteiger partial charge in [0.2, 0.25) is 5.91 Å². The van der Waals surface area contributed by atoms with Crippen LogP contribution >= 0.6 is 0 Å². The molecule has 1 amide bonds. The molecule has 3 aliphatic heterocycles. The fourth-order valence-electron chi connectivity index (χ4n) is 4.53. The molecule has 3 aliphatic rings. The zero-order chi connectivity index (χ0) is 15.2. The van der Waals surface area contributed by atoms with E-state index in [-0.39, 0.29) is 17.7 Å². The van der Waals surface area contributed by atoms with Gasteiger partial charge in [0.15, 0.2) is 0 Å². The van der Waals surface area contributed by atoms with Crippen molar-refractivity contribution in [3.8, 4) is 0 Å². The molecule has 0 N–H and O–H groups in total. The van der Waals surface area contributed by atoms with E-state index in [2.05, 4.69) is 47.1 Å². The molecule has 3 atom stereocenters. The molecule has 0 unspecified atom stereocenters. The number of nitrogens with zero attached hydrogens (tertiary/aromatic N) is 2. The maximum Gasteiger partial charge on any atom is 0.225 e. The summed E-state index contributed by atoms with van der Waals surface area (Å²) in [7, 11) is 0. The first-order valence-electron chi connectivity index (χ1n) is 8.41. The Bertz CT molecular complexity index is 561. The summed E-state index contributed by atoms with van der Waals surface area (Å²) in [5.41, 5.74) is 1.06.